The number of anilines is 1. The Morgan fingerprint density at radius 2 is 2.15 bits per heavy atom. The SMILES string of the molecule is COc1cc(NC2CCCCC2N)c(F)cc1[N+](=O)[O-]. The highest BCUT2D eigenvalue weighted by Crippen LogP contribution is 2.33. The lowest BCUT2D eigenvalue weighted by molar-refractivity contribution is -0.385. The number of nitro groups is 1. The molecule has 1 aliphatic rings. The van der Waals surface area contributed by atoms with Crippen molar-refractivity contribution in [2.45, 2.75) is 37.8 Å². The summed E-state index contributed by atoms with van der Waals surface area (Å²) in [5.41, 5.74) is 5.81. The number of nitro benzene ring substituents is 1. The fourth-order valence-electron chi connectivity index (χ4n) is 2.50. The maximum atomic E-state index is 13.9. The molecule has 0 heterocycles. The van der Waals surface area contributed by atoms with Crippen molar-refractivity contribution in [1.29, 1.82) is 0 Å². The van der Waals surface area contributed by atoms with Gasteiger partial charge in [0.25, 0.3) is 0 Å². The summed E-state index contributed by atoms with van der Waals surface area (Å²) in [5, 5.41) is 13.8. The van der Waals surface area contributed by atoms with Gasteiger partial charge in [-0.1, -0.05) is 12.8 Å². The van der Waals surface area contributed by atoms with Gasteiger partial charge in [0.1, 0.15) is 0 Å². The van der Waals surface area contributed by atoms with Crippen LogP contribution in [0.2, 0.25) is 0 Å². The minimum absolute atomic E-state index is 0.0237. The summed E-state index contributed by atoms with van der Waals surface area (Å²) in [4.78, 5) is 10.1. The van der Waals surface area contributed by atoms with Gasteiger partial charge in [-0.05, 0) is 12.8 Å². The molecule has 0 spiro atoms. The van der Waals surface area contributed by atoms with Crippen LogP contribution in [0.3, 0.4) is 0 Å². The summed E-state index contributed by atoms with van der Waals surface area (Å²) in [7, 11) is 1.32. The quantitative estimate of drug-likeness (QED) is 0.654. The second kappa shape index (κ2) is 6.04. The third-order valence-electron chi connectivity index (χ3n) is 3.63. The van der Waals surface area contributed by atoms with E-state index < -0.39 is 10.7 Å². The van der Waals surface area contributed by atoms with Crippen LogP contribution in [-0.4, -0.2) is 24.1 Å². The number of nitrogens with zero attached hydrogens (tertiary/aromatic N) is 1. The first-order valence-electron chi connectivity index (χ1n) is 6.57. The average molecular weight is 283 g/mol. The van der Waals surface area contributed by atoms with Crippen molar-refractivity contribution in [3.05, 3.63) is 28.1 Å². The number of halogens is 1. The second-order valence-electron chi connectivity index (χ2n) is 4.96. The van der Waals surface area contributed by atoms with Gasteiger partial charge in [-0.3, -0.25) is 10.1 Å². The summed E-state index contributed by atoms with van der Waals surface area (Å²) >= 11 is 0. The lowest BCUT2D eigenvalue weighted by Crippen LogP contribution is -2.42. The molecule has 0 bridgehead atoms. The first kappa shape index (κ1) is 14.5. The molecule has 1 aromatic rings. The predicted molar refractivity (Wildman–Crippen MR) is 73.5 cm³/mol. The van der Waals surface area contributed by atoms with Crippen molar-refractivity contribution in [3.8, 4) is 5.75 Å². The maximum absolute atomic E-state index is 13.9. The molecule has 2 rings (SSSR count). The van der Waals surface area contributed by atoms with Crippen LogP contribution in [0, 0.1) is 15.9 Å². The highest BCUT2D eigenvalue weighted by Gasteiger charge is 2.25. The van der Waals surface area contributed by atoms with Crippen LogP contribution in [0.25, 0.3) is 0 Å². The second-order valence-corrected chi connectivity index (χ2v) is 4.96. The Balaban J connectivity index is 2.25. The topological polar surface area (TPSA) is 90.4 Å². The van der Waals surface area contributed by atoms with Crippen molar-refractivity contribution < 1.29 is 14.1 Å². The van der Waals surface area contributed by atoms with Crippen LogP contribution in [0.5, 0.6) is 5.75 Å². The number of nitrogens with two attached hydrogens (primary N) is 1. The van der Waals surface area contributed by atoms with Crippen LogP contribution in [-0.2, 0) is 0 Å². The Labute approximate surface area is 116 Å². The Bertz CT molecular complexity index is 510. The van der Waals surface area contributed by atoms with Gasteiger partial charge < -0.3 is 15.8 Å². The lowest BCUT2D eigenvalue weighted by Gasteiger charge is -2.30. The summed E-state index contributed by atoms with van der Waals surface area (Å²) in [5.74, 6) is -0.640. The number of benzene rings is 1. The number of methoxy groups -OCH3 is 1. The molecule has 1 aliphatic carbocycles. The van der Waals surface area contributed by atoms with E-state index >= 15 is 0 Å². The van der Waals surface area contributed by atoms with Gasteiger partial charge in [0.2, 0.25) is 0 Å². The van der Waals surface area contributed by atoms with Gasteiger partial charge >= 0.3 is 5.69 Å². The standard InChI is InChI=1S/C13H18FN3O3/c1-20-13-7-11(8(14)6-12(13)17(18)19)16-10-5-3-2-4-9(10)15/h6-7,9-10,16H,2-5,15H2,1H3. The Morgan fingerprint density at radius 1 is 1.45 bits per heavy atom. The minimum Gasteiger partial charge on any atom is -0.490 e. The third kappa shape index (κ3) is 2.98. The van der Waals surface area contributed by atoms with E-state index in [1.165, 1.54) is 13.2 Å². The van der Waals surface area contributed by atoms with Crippen molar-refractivity contribution in [2.24, 2.45) is 5.73 Å². The molecule has 0 radical (unpaired) electrons. The van der Waals surface area contributed by atoms with Crippen LogP contribution in [0.15, 0.2) is 12.1 Å². The molecule has 1 fully saturated rings. The summed E-state index contributed by atoms with van der Waals surface area (Å²) in [6.45, 7) is 0. The van der Waals surface area contributed by atoms with Gasteiger partial charge in [0.05, 0.1) is 23.8 Å². The van der Waals surface area contributed by atoms with Crippen molar-refractivity contribution in [1.82, 2.24) is 0 Å². The van der Waals surface area contributed by atoms with Crippen LogP contribution >= 0.6 is 0 Å². The van der Waals surface area contributed by atoms with E-state index in [9.17, 15) is 14.5 Å². The normalized spacial score (nSPS) is 22.4. The summed E-state index contributed by atoms with van der Waals surface area (Å²) in [6.07, 6.45) is 3.87. The van der Waals surface area contributed by atoms with Gasteiger partial charge in [-0.15, -0.1) is 0 Å². The van der Waals surface area contributed by atoms with E-state index in [1.807, 2.05) is 0 Å². The van der Waals surface area contributed by atoms with Crippen molar-refractivity contribution in [3.63, 3.8) is 0 Å². The molecule has 20 heavy (non-hydrogen) atoms. The molecule has 1 aromatic carbocycles. The zero-order valence-electron chi connectivity index (χ0n) is 11.3. The van der Waals surface area contributed by atoms with Crippen LogP contribution < -0.4 is 15.8 Å². The first-order chi connectivity index (χ1) is 9.52. The molecule has 3 N–H and O–H groups in total. The van der Waals surface area contributed by atoms with Gasteiger partial charge in [-0.2, -0.15) is 0 Å². The van der Waals surface area contributed by atoms with E-state index in [0.717, 1.165) is 31.7 Å². The molecule has 0 aromatic heterocycles. The largest absolute Gasteiger partial charge is 0.490 e. The van der Waals surface area contributed by atoms with Crippen LogP contribution in [0.1, 0.15) is 25.7 Å². The van der Waals surface area contributed by atoms with E-state index in [4.69, 9.17) is 10.5 Å². The van der Waals surface area contributed by atoms with E-state index in [1.54, 1.807) is 0 Å². The number of nitrogens with one attached hydrogen (secondary N) is 1. The molecular weight excluding hydrogens is 265 g/mol. The zero-order valence-corrected chi connectivity index (χ0v) is 11.3. The zero-order chi connectivity index (χ0) is 14.7. The smallest absolute Gasteiger partial charge is 0.313 e. The predicted octanol–water partition coefficient (Wildman–Crippen LogP) is 2.42. The Morgan fingerprint density at radius 3 is 2.75 bits per heavy atom. The fourth-order valence-corrected chi connectivity index (χ4v) is 2.50. The highest BCUT2D eigenvalue weighted by molar-refractivity contribution is 5.59. The summed E-state index contributed by atoms with van der Waals surface area (Å²) < 4.78 is 18.9. The van der Waals surface area contributed by atoms with Gasteiger partial charge in [0.15, 0.2) is 11.6 Å². The minimum atomic E-state index is -0.671. The van der Waals surface area contributed by atoms with Crippen molar-refractivity contribution in [2.75, 3.05) is 12.4 Å². The van der Waals surface area contributed by atoms with E-state index in [2.05, 4.69) is 5.32 Å². The molecular formula is C13H18FN3O3. The molecule has 6 nitrogen and oxygen atoms in total. The first-order valence-corrected chi connectivity index (χ1v) is 6.57. The molecule has 0 aliphatic heterocycles. The van der Waals surface area contributed by atoms with Gasteiger partial charge in [-0.25, -0.2) is 4.39 Å². The maximum Gasteiger partial charge on any atom is 0.313 e. The molecule has 2 unspecified atom stereocenters. The molecule has 7 heteroatoms. The Hall–Kier alpha value is -1.89. The molecule has 2 atom stereocenters. The van der Waals surface area contributed by atoms with E-state index in [-0.39, 0.29) is 29.2 Å². The molecule has 0 saturated heterocycles. The summed E-state index contributed by atoms with van der Waals surface area (Å²) in [6, 6.07) is 2.12. The number of ether oxygens (including phenoxy) is 1. The average Bonchev–Trinajstić information content (AvgIpc) is 2.42. The monoisotopic (exact) mass is 283 g/mol. The van der Waals surface area contributed by atoms with E-state index in [0.29, 0.717) is 0 Å². The molecule has 110 valence electrons. The number of hydrogen-bond acceptors (Lipinski definition) is 5. The van der Waals surface area contributed by atoms with Gasteiger partial charge in [0, 0.05) is 18.2 Å². The highest BCUT2D eigenvalue weighted by atomic mass is 19.1. The number of rotatable bonds is 4. The Kier molecular flexibility index (Phi) is 4.39. The third-order valence-corrected chi connectivity index (χ3v) is 3.63. The fraction of sp³-hybridized carbons (Fsp3) is 0.538. The molecule has 0 amide bonds. The number of hydrogen-bond donors (Lipinski definition) is 2. The van der Waals surface area contributed by atoms with Crippen molar-refractivity contribution >= 4 is 11.4 Å². The lowest BCUT2D eigenvalue weighted by atomic mass is 9.91. The van der Waals surface area contributed by atoms with Crippen LogP contribution in [0.4, 0.5) is 15.8 Å². The molecule has 1 saturated carbocycles.